The summed E-state index contributed by atoms with van der Waals surface area (Å²) in [4.78, 5) is 2.42. The number of methoxy groups -OCH3 is 1. The maximum atomic E-state index is 8.85. The Bertz CT molecular complexity index is 533. The van der Waals surface area contributed by atoms with Crippen LogP contribution < -0.4 is 4.74 Å². The summed E-state index contributed by atoms with van der Waals surface area (Å²) < 4.78 is 11.0. The molecular formula is C17H23NO3. The maximum Gasteiger partial charge on any atom is 0.134 e. The molecule has 1 saturated heterocycles. The molecule has 0 aromatic heterocycles. The average molecular weight is 289 g/mol. The van der Waals surface area contributed by atoms with Crippen molar-refractivity contribution in [3.63, 3.8) is 0 Å². The van der Waals surface area contributed by atoms with Crippen molar-refractivity contribution >= 4 is 0 Å². The number of morpholine rings is 1. The predicted octanol–water partition coefficient (Wildman–Crippen LogP) is 1.65. The Labute approximate surface area is 126 Å². The van der Waals surface area contributed by atoms with Crippen LogP contribution >= 0.6 is 0 Å². The summed E-state index contributed by atoms with van der Waals surface area (Å²) in [5, 5.41) is 8.85. The molecule has 114 valence electrons. The van der Waals surface area contributed by atoms with Crippen LogP contribution in [0.1, 0.15) is 25.0 Å². The molecule has 21 heavy (non-hydrogen) atoms. The fraction of sp³-hybridized carbons (Fsp3) is 0.529. The third-order valence-corrected chi connectivity index (χ3v) is 3.69. The minimum absolute atomic E-state index is 0.147. The number of ether oxygens (including phenoxy) is 2. The van der Waals surface area contributed by atoms with Gasteiger partial charge in [-0.2, -0.15) is 0 Å². The standard InChI is InChI=1S/C17H23NO3/c1-13-12-21-14(2)10-18(13)11-15-6-7-17(20-3)16(9-15)5-4-8-19/h6-7,9,13-14,19H,8,10-12H2,1-3H3. The van der Waals surface area contributed by atoms with Crippen molar-refractivity contribution in [3.8, 4) is 17.6 Å². The molecule has 4 heteroatoms. The van der Waals surface area contributed by atoms with E-state index in [4.69, 9.17) is 14.6 Å². The Balaban J connectivity index is 2.16. The van der Waals surface area contributed by atoms with Gasteiger partial charge in [-0.05, 0) is 31.5 Å². The lowest BCUT2D eigenvalue weighted by atomic mass is 10.1. The van der Waals surface area contributed by atoms with Crippen LogP contribution in [-0.4, -0.2) is 49.0 Å². The summed E-state index contributed by atoms with van der Waals surface area (Å²) in [6.45, 7) is 6.71. The molecule has 2 atom stereocenters. The first-order valence-corrected chi connectivity index (χ1v) is 7.26. The Morgan fingerprint density at radius 2 is 2.24 bits per heavy atom. The normalized spacial score (nSPS) is 22.5. The minimum atomic E-state index is -0.147. The first-order valence-electron chi connectivity index (χ1n) is 7.26. The molecule has 0 saturated carbocycles. The summed E-state index contributed by atoms with van der Waals surface area (Å²) >= 11 is 0. The van der Waals surface area contributed by atoms with Gasteiger partial charge in [-0.3, -0.25) is 4.90 Å². The second kappa shape index (κ2) is 7.46. The van der Waals surface area contributed by atoms with Gasteiger partial charge in [0.2, 0.25) is 0 Å². The monoisotopic (exact) mass is 289 g/mol. The number of aliphatic hydroxyl groups is 1. The van der Waals surface area contributed by atoms with Gasteiger partial charge in [0.05, 0.1) is 25.4 Å². The molecule has 1 aliphatic rings. The molecule has 1 aromatic rings. The van der Waals surface area contributed by atoms with Gasteiger partial charge in [0.15, 0.2) is 0 Å². The molecule has 2 unspecified atom stereocenters. The van der Waals surface area contributed by atoms with E-state index in [0.29, 0.717) is 6.04 Å². The van der Waals surface area contributed by atoms with Crippen molar-refractivity contribution in [2.75, 3.05) is 26.9 Å². The number of hydrogen-bond donors (Lipinski definition) is 1. The lowest BCUT2D eigenvalue weighted by Crippen LogP contribution is -2.46. The van der Waals surface area contributed by atoms with Crippen molar-refractivity contribution in [2.24, 2.45) is 0 Å². The highest BCUT2D eigenvalue weighted by atomic mass is 16.5. The van der Waals surface area contributed by atoms with E-state index in [-0.39, 0.29) is 12.7 Å². The highest BCUT2D eigenvalue weighted by Gasteiger charge is 2.23. The van der Waals surface area contributed by atoms with Gasteiger partial charge in [0.25, 0.3) is 0 Å². The molecule has 1 N–H and O–H groups in total. The van der Waals surface area contributed by atoms with E-state index in [9.17, 15) is 0 Å². The number of rotatable bonds is 3. The quantitative estimate of drug-likeness (QED) is 0.859. The van der Waals surface area contributed by atoms with Crippen LogP contribution in [-0.2, 0) is 11.3 Å². The van der Waals surface area contributed by atoms with Gasteiger partial charge in [-0.15, -0.1) is 0 Å². The molecule has 1 heterocycles. The van der Waals surface area contributed by atoms with Gasteiger partial charge >= 0.3 is 0 Å². The zero-order valence-electron chi connectivity index (χ0n) is 12.9. The number of benzene rings is 1. The van der Waals surface area contributed by atoms with Crippen molar-refractivity contribution in [1.29, 1.82) is 0 Å². The van der Waals surface area contributed by atoms with E-state index in [0.717, 1.165) is 31.0 Å². The summed E-state index contributed by atoms with van der Waals surface area (Å²) in [6, 6.07) is 6.45. The number of hydrogen-bond acceptors (Lipinski definition) is 4. The number of aliphatic hydroxyl groups excluding tert-OH is 1. The minimum Gasteiger partial charge on any atom is -0.495 e. The van der Waals surface area contributed by atoms with Crippen LogP contribution in [0, 0.1) is 11.8 Å². The first-order chi connectivity index (χ1) is 10.1. The summed E-state index contributed by atoms with van der Waals surface area (Å²) in [7, 11) is 1.63. The van der Waals surface area contributed by atoms with Crippen molar-refractivity contribution < 1.29 is 14.6 Å². The zero-order chi connectivity index (χ0) is 15.2. The van der Waals surface area contributed by atoms with Gasteiger partial charge in [-0.25, -0.2) is 0 Å². The van der Waals surface area contributed by atoms with Crippen LogP contribution in [0.15, 0.2) is 18.2 Å². The third-order valence-electron chi connectivity index (χ3n) is 3.69. The van der Waals surface area contributed by atoms with Gasteiger partial charge < -0.3 is 14.6 Å². The van der Waals surface area contributed by atoms with Crippen molar-refractivity contribution in [3.05, 3.63) is 29.3 Å². The van der Waals surface area contributed by atoms with Gasteiger partial charge in [0, 0.05) is 19.1 Å². The molecule has 1 fully saturated rings. The molecule has 0 radical (unpaired) electrons. The van der Waals surface area contributed by atoms with Gasteiger partial charge in [-0.1, -0.05) is 17.9 Å². The van der Waals surface area contributed by atoms with Crippen molar-refractivity contribution in [2.45, 2.75) is 32.5 Å². The molecule has 0 aliphatic carbocycles. The largest absolute Gasteiger partial charge is 0.495 e. The van der Waals surface area contributed by atoms with Gasteiger partial charge in [0.1, 0.15) is 12.4 Å². The molecular weight excluding hydrogens is 266 g/mol. The highest BCUT2D eigenvalue weighted by Crippen LogP contribution is 2.21. The van der Waals surface area contributed by atoms with E-state index in [1.165, 1.54) is 5.56 Å². The molecule has 1 aliphatic heterocycles. The van der Waals surface area contributed by atoms with Crippen LogP contribution in [0.3, 0.4) is 0 Å². The van der Waals surface area contributed by atoms with E-state index < -0.39 is 0 Å². The molecule has 0 bridgehead atoms. The predicted molar refractivity (Wildman–Crippen MR) is 82.2 cm³/mol. The topological polar surface area (TPSA) is 41.9 Å². The summed E-state index contributed by atoms with van der Waals surface area (Å²) in [5.41, 5.74) is 2.01. The fourth-order valence-electron chi connectivity index (χ4n) is 2.51. The lowest BCUT2D eigenvalue weighted by molar-refractivity contribution is -0.0526. The summed E-state index contributed by atoms with van der Waals surface area (Å²) in [5.74, 6) is 6.36. The summed E-state index contributed by atoms with van der Waals surface area (Å²) in [6.07, 6.45) is 0.271. The van der Waals surface area contributed by atoms with E-state index >= 15 is 0 Å². The number of nitrogens with zero attached hydrogens (tertiary/aromatic N) is 1. The molecule has 2 rings (SSSR count). The van der Waals surface area contributed by atoms with Crippen LogP contribution in [0.4, 0.5) is 0 Å². The Kier molecular flexibility index (Phi) is 5.63. The molecule has 0 amide bonds. The molecule has 0 spiro atoms. The van der Waals surface area contributed by atoms with Crippen LogP contribution in [0.5, 0.6) is 5.75 Å². The average Bonchev–Trinajstić information content (AvgIpc) is 2.49. The fourth-order valence-corrected chi connectivity index (χ4v) is 2.51. The first kappa shape index (κ1) is 15.8. The van der Waals surface area contributed by atoms with E-state index in [1.54, 1.807) is 7.11 Å². The third kappa shape index (κ3) is 4.21. The lowest BCUT2D eigenvalue weighted by Gasteiger charge is -2.36. The van der Waals surface area contributed by atoms with Crippen molar-refractivity contribution in [1.82, 2.24) is 4.90 Å². The SMILES string of the molecule is COc1ccc(CN2CC(C)OCC2C)cc1C#CCO. The smallest absolute Gasteiger partial charge is 0.134 e. The maximum absolute atomic E-state index is 8.85. The van der Waals surface area contributed by atoms with E-state index in [1.807, 2.05) is 12.1 Å². The second-order valence-corrected chi connectivity index (χ2v) is 5.42. The van der Waals surface area contributed by atoms with E-state index in [2.05, 4.69) is 36.7 Å². The molecule has 4 nitrogen and oxygen atoms in total. The Morgan fingerprint density at radius 3 is 2.95 bits per heavy atom. The Morgan fingerprint density at radius 1 is 1.43 bits per heavy atom. The zero-order valence-corrected chi connectivity index (χ0v) is 12.9. The van der Waals surface area contributed by atoms with Crippen LogP contribution in [0.25, 0.3) is 0 Å². The second-order valence-electron chi connectivity index (χ2n) is 5.42. The highest BCUT2D eigenvalue weighted by molar-refractivity contribution is 5.48. The Hall–Kier alpha value is -1.54. The molecule has 1 aromatic carbocycles. The van der Waals surface area contributed by atoms with Crippen LogP contribution in [0.2, 0.25) is 0 Å².